The fourth-order valence-corrected chi connectivity index (χ4v) is 1.88. The van der Waals surface area contributed by atoms with Crippen LogP contribution in [0.3, 0.4) is 0 Å². The number of benzene rings is 1. The third-order valence-electron chi connectivity index (χ3n) is 2.58. The molecule has 2 aromatic rings. The Bertz CT molecular complexity index is 697. The van der Waals surface area contributed by atoms with Gasteiger partial charge in [0.1, 0.15) is 0 Å². The van der Waals surface area contributed by atoms with E-state index in [4.69, 9.17) is 22.4 Å². The van der Waals surface area contributed by atoms with Crippen molar-refractivity contribution in [3.8, 4) is 0 Å². The van der Waals surface area contributed by atoms with E-state index in [1.165, 1.54) is 0 Å². The molecule has 0 fully saturated rings. The number of hydrogen-bond acceptors (Lipinski definition) is 8. The highest BCUT2D eigenvalue weighted by molar-refractivity contribution is 6.30. The number of hydrogen-bond donors (Lipinski definition) is 4. The van der Waals surface area contributed by atoms with Crippen molar-refractivity contribution >= 4 is 40.6 Å². The summed E-state index contributed by atoms with van der Waals surface area (Å²) >= 11 is 5.87. The minimum absolute atomic E-state index is 0.0693. The summed E-state index contributed by atoms with van der Waals surface area (Å²) in [5.41, 5.74) is 5.70. The van der Waals surface area contributed by atoms with Gasteiger partial charge in [-0.25, -0.2) is 0 Å². The van der Waals surface area contributed by atoms with Crippen molar-refractivity contribution in [2.24, 2.45) is 0 Å². The number of halogens is 1. The van der Waals surface area contributed by atoms with Gasteiger partial charge in [-0.2, -0.15) is 9.97 Å². The molecule has 1 aromatic heterocycles. The number of anilines is 4. The molecule has 0 amide bonds. The van der Waals surface area contributed by atoms with Gasteiger partial charge in [0.25, 0.3) is 0 Å². The molecule has 0 radical (unpaired) electrons. The number of aliphatic hydroxyl groups is 1. The number of nitrogens with two attached hydrogens (primary N) is 1. The summed E-state index contributed by atoms with van der Waals surface area (Å²) in [7, 11) is 0. The van der Waals surface area contributed by atoms with Gasteiger partial charge in [-0.3, -0.25) is 10.1 Å². The molecular weight excluding hydrogens is 312 g/mol. The number of nitro groups is 1. The van der Waals surface area contributed by atoms with Crippen molar-refractivity contribution < 1.29 is 10.0 Å². The van der Waals surface area contributed by atoms with Crippen LogP contribution in [0.1, 0.15) is 0 Å². The Morgan fingerprint density at radius 3 is 2.82 bits per heavy atom. The lowest BCUT2D eigenvalue weighted by Crippen LogP contribution is -2.12. The lowest BCUT2D eigenvalue weighted by atomic mass is 10.3. The fourth-order valence-electron chi connectivity index (χ4n) is 1.69. The van der Waals surface area contributed by atoms with E-state index < -0.39 is 10.6 Å². The Kier molecular flexibility index (Phi) is 4.92. The maximum atomic E-state index is 11.1. The Labute approximate surface area is 130 Å². The molecular formula is C12H13ClN6O3. The molecule has 10 heteroatoms. The summed E-state index contributed by atoms with van der Waals surface area (Å²) in [6.07, 6.45) is 0. The molecule has 0 bridgehead atoms. The number of nitrogens with zero attached hydrogens (tertiary/aromatic N) is 3. The van der Waals surface area contributed by atoms with Crippen molar-refractivity contribution in [2.75, 3.05) is 29.5 Å². The zero-order valence-electron chi connectivity index (χ0n) is 11.3. The van der Waals surface area contributed by atoms with E-state index in [1.54, 1.807) is 24.3 Å². The molecule has 0 aliphatic rings. The highest BCUT2D eigenvalue weighted by atomic mass is 35.5. The van der Waals surface area contributed by atoms with Crippen LogP contribution in [0.4, 0.5) is 29.0 Å². The van der Waals surface area contributed by atoms with Crippen LogP contribution in [0.25, 0.3) is 0 Å². The van der Waals surface area contributed by atoms with Crippen LogP contribution in [0, 0.1) is 10.1 Å². The average molecular weight is 325 g/mol. The SMILES string of the molecule is Nc1nc(NCCO)nc(Nc2cccc(Cl)c2)c1[N+](=O)[O-]. The average Bonchev–Trinajstić information content (AvgIpc) is 2.44. The van der Waals surface area contributed by atoms with Gasteiger partial charge in [0, 0.05) is 17.3 Å². The second-order valence-electron chi connectivity index (χ2n) is 4.17. The van der Waals surface area contributed by atoms with Crippen LogP contribution in [-0.4, -0.2) is 33.1 Å². The van der Waals surface area contributed by atoms with Crippen LogP contribution >= 0.6 is 11.6 Å². The van der Waals surface area contributed by atoms with Crippen LogP contribution in [-0.2, 0) is 0 Å². The summed E-state index contributed by atoms with van der Waals surface area (Å²) in [5.74, 6) is -0.285. The number of rotatable bonds is 6. The first kappa shape index (κ1) is 15.7. The molecule has 22 heavy (non-hydrogen) atoms. The Balaban J connectivity index is 2.41. The molecule has 0 unspecified atom stereocenters. The number of nitrogen functional groups attached to an aromatic ring is 1. The standard InChI is InChI=1S/C12H13ClN6O3/c13-7-2-1-3-8(6-7)16-11-9(19(21)22)10(14)17-12(18-11)15-4-5-20/h1-3,6,20H,4-5H2,(H4,14,15,16,17,18). The molecule has 0 spiro atoms. The van der Waals surface area contributed by atoms with Crippen LogP contribution in [0.2, 0.25) is 5.02 Å². The zero-order valence-corrected chi connectivity index (χ0v) is 12.0. The predicted molar refractivity (Wildman–Crippen MR) is 83.4 cm³/mol. The van der Waals surface area contributed by atoms with Gasteiger partial charge in [-0.1, -0.05) is 17.7 Å². The topological polar surface area (TPSA) is 139 Å². The summed E-state index contributed by atoms with van der Waals surface area (Å²) in [4.78, 5) is 18.3. The van der Waals surface area contributed by atoms with Gasteiger partial charge in [0.05, 0.1) is 11.5 Å². The molecule has 0 saturated carbocycles. The smallest absolute Gasteiger partial charge is 0.353 e. The normalized spacial score (nSPS) is 10.3. The lowest BCUT2D eigenvalue weighted by molar-refractivity contribution is -0.383. The first-order valence-corrected chi connectivity index (χ1v) is 6.58. The maximum Gasteiger partial charge on any atom is 0.353 e. The van der Waals surface area contributed by atoms with E-state index in [-0.39, 0.29) is 30.7 Å². The summed E-state index contributed by atoms with van der Waals surface area (Å²) in [6, 6.07) is 6.62. The van der Waals surface area contributed by atoms with Crippen molar-refractivity contribution in [1.82, 2.24) is 9.97 Å². The Hall–Kier alpha value is -2.65. The first-order chi connectivity index (χ1) is 10.5. The predicted octanol–water partition coefficient (Wildman–Crippen LogP) is 1.77. The zero-order chi connectivity index (χ0) is 16.1. The van der Waals surface area contributed by atoms with E-state index in [0.29, 0.717) is 10.7 Å². The number of aliphatic hydroxyl groups excluding tert-OH is 1. The molecule has 2 rings (SSSR count). The van der Waals surface area contributed by atoms with Crippen molar-refractivity contribution in [3.63, 3.8) is 0 Å². The van der Waals surface area contributed by atoms with Crippen LogP contribution in [0.5, 0.6) is 0 Å². The summed E-state index contributed by atoms with van der Waals surface area (Å²) in [5, 5.41) is 25.9. The third-order valence-corrected chi connectivity index (χ3v) is 2.81. The Morgan fingerprint density at radius 2 is 2.18 bits per heavy atom. The van der Waals surface area contributed by atoms with Gasteiger partial charge >= 0.3 is 5.69 Å². The highest BCUT2D eigenvalue weighted by Gasteiger charge is 2.23. The first-order valence-electron chi connectivity index (χ1n) is 6.20. The van der Waals surface area contributed by atoms with E-state index >= 15 is 0 Å². The molecule has 0 atom stereocenters. The molecule has 1 aromatic carbocycles. The van der Waals surface area contributed by atoms with E-state index in [9.17, 15) is 10.1 Å². The Morgan fingerprint density at radius 1 is 1.41 bits per heavy atom. The second-order valence-corrected chi connectivity index (χ2v) is 4.61. The van der Waals surface area contributed by atoms with Crippen LogP contribution in [0.15, 0.2) is 24.3 Å². The molecule has 0 saturated heterocycles. The molecule has 9 nitrogen and oxygen atoms in total. The minimum Gasteiger partial charge on any atom is -0.395 e. The van der Waals surface area contributed by atoms with E-state index in [0.717, 1.165) is 0 Å². The molecule has 5 N–H and O–H groups in total. The molecule has 0 aliphatic heterocycles. The summed E-state index contributed by atoms with van der Waals surface area (Å²) < 4.78 is 0. The highest BCUT2D eigenvalue weighted by Crippen LogP contribution is 2.31. The largest absolute Gasteiger partial charge is 0.395 e. The van der Waals surface area contributed by atoms with Crippen molar-refractivity contribution in [3.05, 3.63) is 39.4 Å². The quantitative estimate of drug-likeness (QED) is 0.465. The van der Waals surface area contributed by atoms with Crippen LogP contribution < -0.4 is 16.4 Å². The number of aromatic nitrogens is 2. The minimum atomic E-state index is -0.669. The summed E-state index contributed by atoms with van der Waals surface area (Å²) in [6.45, 7) is 0.0468. The van der Waals surface area contributed by atoms with Crippen molar-refractivity contribution in [1.29, 1.82) is 0 Å². The van der Waals surface area contributed by atoms with Gasteiger partial charge in [0.2, 0.25) is 17.6 Å². The van der Waals surface area contributed by atoms with Gasteiger partial charge in [0.15, 0.2) is 0 Å². The van der Waals surface area contributed by atoms with Crippen molar-refractivity contribution in [2.45, 2.75) is 0 Å². The van der Waals surface area contributed by atoms with E-state index in [2.05, 4.69) is 20.6 Å². The lowest BCUT2D eigenvalue weighted by Gasteiger charge is -2.10. The monoisotopic (exact) mass is 324 g/mol. The number of nitrogens with one attached hydrogen (secondary N) is 2. The van der Waals surface area contributed by atoms with Gasteiger partial charge in [-0.15, -0.1) is 0 Å². The van der Waals surface area contributed by atoms with Gasteiger partial charge in [-0.05, 0) is 18.2 Å². The molecule has 0 aliphatic carbocycles. The van der Waals surface area contributed by atoms with E-state index in [1.807, 2.05) is 0 Å². The fraction of sp³-hybridized carbons (Fsp3) is 0.167. The maximum absolute atomic E-state index is 11.1. The molecule has 1 heterocycles. The second kappa shape index (κ2) is 6.87. The molecule has 116 valence electrons. The van der Waals surface area contributed by atoms with Gasteiger partial charge < -0.3 is 21.5 Å². The third kappa shape index (κ3) is 3.71.